The molecule has 0 saturated heterocycles. The molecule has 0 aliphatic heterocycles. The zero-order valence-corrected chi connectivity index (χ0v) is 12.8. The predicted octanol–water partition coefficient (Wildman–Crippen LogP) is 2.26. The Morgan fingerprint density at radius 1 is 1.25 bits per heavy atom. The summed E-state index contributed by atoms with van der Waals surface area (Å²) in [4.78, 5) is 0.311. The smallest absolute Gasteiger partial charge is 0.241 e. The van der Waals surface area contributed by atoms with Crippen LogP contribution in [0.2, 0.25) is 0 Å². The highest BCUT2D eigenvalue weighted by Crippen LogP contribution is 2.34. The summed E-state index contributed by atoms with van der Waals surface area (Å²) < 4.78 is 27.8. The Hall–Kier alpha value is -0.910. The van der Waals surface area contributed by atoms with E-state index in [9.17, 15) is 8.42 Å². The first-order chi connectivity index (χ1) is 9.51. The van der Waals surface area contributed by atoms with E-state index >= 15 is 0 Å². The first-order valence-corrected chi connectivity index (χ1v) is 8.79. The summed E-state index contributed by atoms with van der Waals surface area (Å²) in [6, 6.07) is 8.51. The highest BCUT2D eigenvalue weighted by Gasteiger charge is 2.37. The third kappa shape index (κ3) is 3.40. The van der Waals surface area contributed by atoms with E-state index in [4.69, 9.17) is 5.73 Å². The molecule has 1 aliphatic carbocycles. The molecular formula is C15H24N2O2S. The van der Waals surface area contributed by atoms with Crippen molar-refractivity contribution in [3.05, 3.63) is 30.3 Å². The van der Waals surface area contributed by atoms with E-state index in [1.807, 2.05) is 6.07 Å². The van der Waals surface area contributed by atoms with E-state index < -0.39 is 15.6 Å². The molecule has 4 nitrogen and oxygen atoms in total. The van der Waals surface area contributed by atoms with E-state index in [2.05, 4.69) is 11.6 Å². The monoisotopic (exact) mass is 296 g/mol. The topological polar surface area (TPSA) is 72.2 Å². The fourth-order valence-electron chi connectivity index (χ4n) is 2.93. The average molecular weight is 296 g/mol. The summed E-state index contributed by atoms with van der Waals surface area (Å²) in [5.41, 5.74) is 5.41. The SMILES string of the molecule is CCC1CCC(CN)(NS(=O)(=O)c2ccccc2)CC1. The maximum Gasteiger partial charge on any atom is 0.241 e. The molecule has 0 radical (unpaired) electrons. The van der Waals surface area contributed by atoms with Gasteiger partial charge in [-0.2, -0.15) is 0 Å². The van der Waals surface area contributed by atoms with Gasteiger partial charge < -0.3 is 5.73 Å². The van der Waals surface area contributed by atoms with Gasteiger partial charge in [-0.25, -0.2) is 13.1 Å². The molecule has 5 heteroatoms. The number of hydrogen-bond acceptors (Lipinski definition) is 3. The minimum absolute atomic E-state index is 0.311. The molecule has 0 aromatic heterocycles. The lowest BCUT2D eigenvalue weighted by Gasteiger charge is -2.39. The molecule has 2 rings (SSSR count). The summed E-state index contributed by atoms with van der Waals surface area (Å²) in [6.45, 7) is 2.55. The van der Waals surface area contributed by atoms with Crippen molar-refractivity contribution in [1.82, 2.24) is 4.72 Å². The second kappa shape index (κ2) is 6.24. The van der Waals surface area contributed by atoms with Crippen molar-refractivity contribution in [3.63, 3.8) is 0 Å². The van der Waals surface area contributed by atoms with Crippen LogP contribution in [0.25, 0.3) is 0 Å². The first-order valence-electron chi connectivity index (χ1n) is 7.30. The van der Waals surface area contributed by atoms with Crippen LogP contribution in [0.5, 0.6) is 0 Å². The van der Waals surface area contributed by atoms with Crippen LogP contribution in [0.4, 0.5) is 0 Å². The maximum absolute atomic E-state index is 12.4. The molecule has 112 valence electrons. The third-order valence-electron chi connectivity index (χ3n) is 4.43. The van der Waals surface area contributed by atoms with Gasteiger partial charge in [0.05, 0.1) is 4.90 Å². The molecule has 0 heterocycles. The normalized spacial score (nSPS) is 27.4. The fourth-order valence-corrected chi connectivity index (χ4v) is 4.42. The van der Waals surface area contributed by atoms with Gasteiger partial charge in [0.1, 0.15) is 0 Å². The Morgan fingerprint density at radius 3 is 2.35 bits per heavy atom. The van der Waals surface area contributed by atoms with Crippen LogP contribution in [-0.4, -0.2) is 20.5 Å². The van der Waals surface area contributed by atoms with Crippen molar-refractivity contribution in [1.29, 1.82) is 0 Å². The predicted molar refractivity (Wildman–Crippen MR) is 80.8 cm³/mol. The Labute approximate surface area is 121 Å². The molecule has 20 heavy (non-hydrogen) atoms. The van der Waals surface area contributed by atoms with Crippen LogP contribution in [0.15, 0.2) is 35.2 Å². The first kappa shape index (κ1) is 15.5. The van der Waals surface area contributed by atoms with Crippen LogP contribution in [0, 0.1) is 5.92 Å². The van der Waals surface area contributed by atoms with Crippen molar-refractivity contribution >= 4 is 10.0 Å². The summed E-state index contributed by atoms with van der Waals surface area (Å²) in [5.74, 6) is 0.705. The Kier molecular flexibility index (Phi) is 4.83. The van der Waals surface area contributed by atoms with Crippen molar-refractivity contribution in [2.45, 2.75) is 49.5 Å². The quantitative estimate of drug-likeness (QED) is 0.875. The highest BCUT2D eigenvalue weighted by atomic mass is 32.2. The lowest BCUT2D eigenvalue weighted by atomic mass is 9.76. The van der Waals surface area contributed by atoms with E-state index in [-0.39, 0.29) is 0 Å². The molecule has 0 spiro atoms. The van der Waals surface area contributed by atoms with Crippen LogP contribution in [0.3, 0.4) is 0 Å². The van der Waals surface area contributed by atoms with E-state index in [1.54, 1.807) is 24.3 Å². The second-order valence-corrected chi connectivity index (χ2v) is 7.44. The van der Waals surface area contributed by atoms with Crippen LogP contribution < -0.4 is 10.5 Å². The van der Waals surface area contributed by atoms with Gasteiger partial charge in [0.2, 0.25) is 10.0 Å². The zero-order chi connectivity index (χ0) is 14.6. The van der Waals surface area contributed by atoms with Crippen molar-refractivity contribution in [2.75, 3.05) is 6.54 Å². The van der Waals surface area contributed by atoms with Gasteiger partial charge in [0.25, 0.3) is 0 Å². The molecule has 1 saturated carbocycles. The number of sulfonamides is 1. The standard InChI is InChI=1S/C15H24N2O2S/c1-2-13-8-10-15(12-16,11-9-13)17-20(18,19)14-6-4-3-5-7-14/h3-7,13,17H,2,8-12,16H2,1H3. The molecule has 1 aromatic rings. The fraction of sp³-hybridized carbons (Fsp3) is 0.600. The van der Waals surface area contributed by atoms with Gasteiger partial charge in [0, 0.05) is 12.1 Å². The van der Waals surface area contributed by atoms with Crippen LogP contribution in [-0.2, 0) is 10.0 Å². The Balaban J connectivity index is 2.15. The summed E-state index contributed by atoms with van der Waals surface area (Å²) >= 11 is 0. The molecule has 0 unspecified atom stereocenters. The van der Waals surface area contributed by atoms with E-state index in [1.165, 1.54) is 0 Å². The third-order valence-corrected chi connectivity index (χ3v) is 6.03. The van der Waals surface area contributed by atoms with Crippen molar-refractivity contribution < 1.29 is 8.42 Å². The number of hydrogen-bond donors (Lipinski definition) is 2. The van der Waals surface area contributed by atoms with Gasteiger partial charge in [0.15, 0.2) is 0 Å². The van der Waals surface area contributed by atoms with E-state index in [0.29, 0.717) is 17.4 Å². The van der Waals surface area contributed by atoms with Gasteiger partial charge in [-0.15, -0.1) is 0 Å². The summed E-state index contributed by atoms with van der Waals surface area (Å²) in [6.07, 6.45) is 4.91. The van der Waals surface area contributed by atoms with E-state index in [0.717, 1.165) is 32.1 Å². The molecule has 0 atom stereocenters. The number of nitrogens with two attached hydrogens (primary N) is 1. The zero-order valence-electron chi connectivity index (χ0n) is 12.0. The highest BCUT2D eigenvalue weighted by molar-refractivity contribution is 7.89. The lowest BCUT2D eigenvalue weighted by Crippen LogP contribution is -2.55. The molecule has 3 N–H and O–H groups in total. The molecule has 0 bridgehead atoms. The van der Waals surface area contributed by atoms with Gasteiger partial charge in [-0.05, 0) is 43.7 Å². The number of nitrogens with one attached hydrogen (secondary N) is 1. The minimum Gasteiger partial charge on any atom is -0.329 e. The van der Waals surface area contributed by atoms with Crippen molar-refractivity contribution in [3.8, 4) is 0 Å². The molecular weight excluding hydrogens is 272 g/mol. The second-order valence-electron chi connectivity index (χ2n) is 5.75. The summed E-state index contributed by atoms with van der Waals surface area (Å²) in [5, 5.41) is 0. The summed E-state index contributed by atoms with van der Waals surface area (Å²) in [7, 11) is -3.48. The largest absolute Gasteiger partial charge is 0.329 e. The average Bonchev–Trinajstić information content (AvgIpc) is 2.48. The van der Waals surface area contributed by atoms with Crippen LogP contribution in [0.1, 0.15) is 39.0 Å². The molecule has 1 aliphatic rings. The van der Waals surface area contributed by atoms with Crippen LogP contribution >= 0.6 is 0 Å². The van der Waals surface area contributed by atoms with Gasteiger partial charge in [-0.3, -0.25) is 0 Å². The number of rotatable bonds is 5. The van der Waals surface area contributed by atoms with Crippen molar-refractivity contribution in [2.24, 2.45) is 11.7 Å². The Morgan fingerprint density at radius 2 is 1.85 bits per heavy atom. The minimum atomic E-state index is -3.48. The number of benzene rings is 1. The maximum atomic E-state index is 12.4. The molecule has 1 fully saturated rings. The molecule has 1 aromatic carbocycles. The lowest BCUT2D eigenvalue weighted by molar-refractivity contribution is 0.217. The van der Waals surface area contributed by atoms with Gasteiger partial charge >= 0.3 is 0 Å². The molecule has 0 amide bonds. The Bertz CT molecular complexity index is 520. The van der Waals surface area contributed by atoms with Gasteiger partial charge in [-0.1, -0.05) is 31.5 Å².